The Morgan fingerprint density at radius 3 is 2.16 bits per heavy atom. The maximum absolute atomic E-state index is 13.2. The minimum Gasteiger partial charge on any atom is -0.351 e. The molecule has 1 aliphatic carbocycles. The van der Waals surface area contributed by atoms with Crippen molar-refractivity contribution in [1.29, 1.82) is 0 Å². The van der Waals surface area contributed by atoms with E-state index in [1.165, 1.54) is 5.56 Å². The Hall–Kier alpha value is -3.15. The monoisotopic (exact) mass is 503 g/mol. The molecule has 3 amide bonds. The molecule has 198 valence electrons. The molecule has 1 saturated carbocycles. The van der Waals surface area contributed by atoms with Gasteiger partial charge in [-0.15, -0.1) is 0 Å². The summed E-state index contributed by atoms with van der Waals surface area (Å²) < 4.78 is 0. The lowest BCUT2D eigenvalue weighted by Gasteiger charge is -2.36. The summed E-state index contributed by atoms with van der Waals surface area (Å²) in [7, 11) is 0. The highest BCUT2D eigenvalue weighted by molar-refractivity contribution is 5.96. The van der Waals surface area contributed by atoms with E-state index in [4.69, 9.17) is 0 Å². The second kappa shape index (κ2) is 12.9. The molecule has 37 heavy (non-hydrogen) atoms. The number of hydrogen-bond donors (Lipinski definition) is 2. The molecule has 2 atom stereocenters. The van der Waals surface area contributed by atoms with Crippen LogP contribution in [-0.2, 0) is 11.2 Å². The number of aryl methyl sites for hydroxylation is 2. The number of carbonyl (C=O) groups is 3. The Labute approximate surface area is 221 Å². The van der Waals surface area contributed by atoms with Gasteiger partial charge in [-0.05, 0) is 74.8 Å². The molecule has 1 saturated heterocycles. The van der Waals surface area contributed by atoms with Crippen LogP contribution < -0.4 is 10.6 Å². The number of hydrogen-bond acceptors (Lipinski definition) is 3. The molecule has 2 aliphatic rings. The first kappa shape index (κ1) is 26.9. The van der Waals surface area contributed by atoms with Crippen LogP contribution in [0, 0.1) is 12.8 Å². The number of nitrogens with one attached hydrogen (secondary N) is 2. The normalized spacial score (nSPS) is 20.3. The first-order valence-corrected chi connectivity index (χ1v) is 14.0. The van der Waals surface area contributed by atoms with Gasteiger partial charge >= 0.3 is 0 Å². The number of benzene rings is 2. The fraction of sp³-hybridized carbons (Fsp3) is 0.516. The zero-order chi connectivity index (χ0) is 26.2. The van der Waals surface area contributed by atoms with E-state index >= 15 is 0 Å². The molecule has 6 nitrogen and oxygen atoms in total. The summed E-state index contributed by atoms with van der Waals surface area (Å²) in [5.41, 5.74) is 3.62. The quantitative estimate of drug-likeness (QED) is 0.529. The van der Waals surface area contributed by atoms with Crippen molar-refractivity contribution in [3.05, 3.63) is 70.8 Å². The SMILES string of the molecule is CCCCc1ccc(C(=O)N2CCC(C(=O)NC3CCCC[C@H]3NC(=O)c3ccccc3C)CC2)cc1. The molecule has 0 spiro atoms. The Morgan fingerprint density at radius 2 is 1.51 bits per heavy atom. The summed E-state index contributed by atoms with van der Waals surface area (Å²) in [6.07, 6.45) is 8.52. The number of unbranched alkanes of at least 4 members (excludes halogenated alkanes) is 1. The molecule has 1 unspecified atom stereocenters. The van der Waals surface area contributed by atoms with Gasteiger partial charge in [0.05, 0.1) is 0 Å². The van der Waals surface area contributed by atoms with Gasteiger partial charge in [0.2, 0.25) is 5.91 Å². The molecule has 0 aromatic heterocycles. The highest BCUT2D eigenvalue weighted by atomic mass is 16.2. The predicted molar refractivity (Wildman–Crippen MR) is 147 cm³/mol. The van der Waals surface area contributed by atoms with Gasteiger partial charge in [-0.2, -0.15) is 0 Å². The molecule has 6 heteroatoms. The molecule has 4 rings (SSSR count). The standard InChI is InChI=1S/C31H41N3O3/c1-3-4-10-23-14-16-25(17-15-23)31(37)34-20-18-24(19-21-34)29(35)32-27-12-7-8-13-28(27)33-30(36)26-11-6-5-9-22(26)2/h5-6,9,11,14-17,24,27-28H,3-4,7-8,10,12-13,18-21H2,1-2H3,(H,32,35)(H,33,36)/t27?,28-/m1/s1. The van der Waals surface area contributed by atoms with Crippen molar-refractivity contribution in [3.63, 3.8) is 0 Å². The Bertz CT molecular complexity index is 1070. The van der Waals surface area contributed by atoms with Gasteiger partial charge in [-0.1, -0.05) is 56.5 Å². The highest BCUT2D eigenvalue weighted by Gasteiger charge is 2.32. The van der Waals surface area contributed by atoms with Crippen LogP contribution in [0.2, 0.25) is 0 Å². The van der Waals surface area contributed by atoms with Crippen LogP contribution in [-0.4, -0.2) is 47.8 Å². The summed E-state index contributed by atoms with van der Waals surface area (Å²) in [6, 6.07) is 15.4. The number of nitrogens with zero attached hydrogens (tertiary/aromatic N) is 1. The fourth-order valence-electron chi connectivity index (χ4n) is 5.57. The number of carbonyl (C=O) groups excluding carboxylic acids is 3. The summed E-state index contributed by atoms with van der Waals surface area (Å²) in [4.78, 5) is 40.9. The van der Waals surface area contributed by atoms with Crippen molar-refractivity contribution >= 4 is 17.7 Å². The number of piperidine rings is 1. The third-order valence-electron chi connectivity index (χ3n) is 7.97. The van der Waals surface area contributed by atoms with E-state index in [-0.39, 0.29) is 35.7 Å². The van der Waals surface area contributed by atoms with E-state index < -0.39 is 0 Å². The van der Waals surface area contributed by atoms with Crippen molar-refractivity contribution < 1.29 is 14.4 Å². The molecular formula is C31H41N3O3. The Kier molecular flexibility index (Phi) is 9.37. The second-order valence-electron chi connectivity index (χ2n) is 10.7. The van der Waals surface area contributed by atoms with E-state index in [9.17, 15) is 14.4 Å². The molecule has 2 N–H and O–H groups in total. The Balaban J connectivity index is 1.28. The first-order chi connectivity index (χ1) is 18.0. The van der Waals surface area contributed by atoms with E-state index in [1.807, 2.05) is 48.2 Å². The van der Waals surface area contributed by atoms with E-state index in [0.717, 1.165) is 56.1 Å². The average Bonchev–Trinajstić information content (AvgIpc) is 2.93. The summed E-state index contributed by atoms with van der Waals surface area (Å²) in [5, 5.41) is 6.43. The maximum Gasteiger partial charge on any atom is 0.253 e. The highest BCUT2D eigenvalue weighted by Crippen LogP contribution is 2.23. The molecule has 2 aromatic rings. The predicted octanol–water partition coefficient (Wildman–Crippen LogP) is 5.05. The van der Waals surface area contributed by atoms with Gasteiger partial charge in [0.25, 0.3) is 11.8 Å². The molecule has 1 heterocycles. The van der Waals surface area contributed by atoms with Crippen molar-refractivity contribution in [3.8, 4) is 0 Å². The molecule has 2 aromatic carbocycles. The minimum absolute atomic E-state index is 0.0483. The van der Waals surface area contributed by atoms with Crippen molar-refractivity contribution in [2.24, 2.45) is 5.92 Å². The minimum atomic E-state index is -0.102. The lowest BCUT2D eigenvalue weighted by molar-refractivity contribution is -0.127. The van der Waals surface area contributed by atoms with Crippen molar-refractivity contribution in [1.82, 2.24) is 15.5 Å². The van der Waals surface area contributed by atoms with Crippen molar-refractivity contribution in [2.45, 2.75) is 83.7 Å². The third kappa shape index (κ3) is 7.00. The zero-order valence-electron chi connectivity index (χ0n) is 22.3. The summed E-state index contributed by atoms with van der Waals surface area (Å²) in [6.45, 7) is 5.30. The topological polar surface area (TPSA) is 78.5 Å². The van der Waals surface area contributed by atoms with Crippen LogP contribution in [0.4, 0.5) is 0 Å². The smallest absolute Gasteiger partial charge is 0.253 e. The molecule has 0 radical (unpaired) electrons. The number of likely N-dealkylation sites (tertiary alicyclic amines) is 1. The van der Waals surface area contributed by atoms with Gasteiger partial charge in [0.1, 0.15) is 0 Å². The largest absolute Gasteiger partial charge is 0.351 e. The van der Waals surface area contributed by atoms with Crippen LogP contribution in [0.3, 0.4) is 0 Å². The third-order valence-corrected chi connectivity index (χ3v) is 7.97. The van der Waals surface area contributed by atoms with E-state index in [0.29, 0.717) is 31.5 Å². The lowest BCUT2D eigenvalue weighted by atomic mass is 9.88. The summed E-state index contributed by atoms with van der Waals surface area (Å²) >= 11 is 0. The molecule has 2 fully saturated rings. The lowest BCUT2D eigenvalue weighted by Crippen LogP contribution is -2.55. The number of amides is 3. The van der Waals surface area contributed by atoms with Gasteiger partial charge in [-0.25, -0.2) is 0 Å². The van der Waals surface area contributed by atoms with Gasteiger partial charge in [0.15, 0.2) is 0 Å². The average molecular weight is 504 g/mol. The zero-order valence-corrected chi connectivity index (χ0v) is 22.3. The van der Waals surface area contributed by atoms with Crippen LogP contribution in [0.25, 0.3) is 0 Å². The van der Waals surface area contributed by atoms with E-state index in [2.05, 4.69) is 29.7 Å². The van der Waals surface area contributed by atoms with Crippen molar-refractivity contribution in [2.75, 3.05) is 13.1 Å². The molecule has 0 bridgehead atoms. The Morgan fingerprint density at radius 1 is 0.865 bits per heavy atom. The van der Waals surface area contributed by atoms with Crippen LogP contribution in [0.15, 0.2) is 48.5 Å². The molecule has 1 aliphatic heterocycles. The van der Waals surface area contributed by atoms with Crippen LogP contribution >= 0.6 is 0 Å². The second-order valence-corrected chi connectivity index (χ2v) is 10.7. The molecular weight excluding hydrogens is 462 g/mol. The van der Waals surface area contributed by atoms with E-state index in [1.54, 1.807) is 0 Å². The fourth-order valence-corrected chi connectivity index (χ4v) is 5.57. The van der Waals surface area contributed by atoms with Gasteiger partial charge in [-0.3, -0.25) is 14.4 Å². The summed E-state index contributed by atoms with van der Waals surface area (Å²) in [5.74, 6) is -0.0776. The first-order valence-electron chi connectivity index (χ1n) is 14.0. The maximum atomic E-state index is 13.2. The number of rotatable bonds is 8. The van der Waals surface area contributed by atoms with Gasteiger partial charge < -0.3 is 15.5 Å². The van der Waals surface area contributed by atoms with Crippen LogP contribution in [0.1, 0.15) is 90.1 Å². The van der Waals surface area contributed by atoms with Gasteiger partial charge in [0, 0.05) is 42.2 Å². The van der Waals surface area contributed by atoms with Crippen LogP contribution in [0.5, 0.6) is 0 Å².